The Labute approximate surface area is 195 Å². The van der Waals surface area contributed by atoms with Crippen LogP contribution in [0.2, 0.25) is 0 Å². The van der Waals surface area contributed by atoms with Gasteiger partial charge < -0.3 is 5.11 Å². The van der Waals surface area contributed by atoms with E-state index in [9.17, 15) is 57.8 Å². The van der Waals surface area contributed by atoms with Gasteiger partial charge in [0.2, 0.25) is 0 Å². The molecule has 196 valence electrons. The minimum Gasteiger partial charge on any atom is -0.380 e. The Hall–Kier alpha value is -2.96. The second-order valence-electron chi connectivity index (χ2n) is 8.04. The zero-order chi connectivity index (χ0) is 27.3. The molecule has 0 fully saturated rings. The molecular weight excluding hydrogens is 520 g/mol. The van der Waals surface area contributed by atoms with Crippen molar-refractivity contribution in [2.45, 2.75) is 43.1 Å². The van der Waals surface area contributed by atoms with Crippen LogP contribution in [-0.2, 0) is 30.3 Å². The van der Waals surface area contributed by atoms with Crippen molar-refractivity contribution >= 4 is 0 Å². The van der Waals surface area contributed by atoms with Gasteiger partial charge in [-0.05, 0) is 59.5 Å². The monoisotopic (exact) mass is 534 g/mol. The van der Waals surface area contributed by atoms with Gasteiger partial charge in [-0.25, -0.2) is 0 Å². The average Bonchev–Trinajstić information content (AvgIpc) is 3.23. The first kappa shape index (κ1) is 27.6. The Morgan fingerprint density at radius 2 is 0.833 bits per heavy atom. The molecule has 0 amide bonds. The van der Waals surface area contributed by atoms with E-state index in [2.05, 4.69) is 0 Å². The number of hydrogen-bond donors (Lipinski definition) is 1. The Bertz CT molecular complexity index is 1050. The minimum atomic E-state index is -5.38. The summed E-state index contributed by atoms with van der Waals surface area (Å²) in [6.45, 7) is 0. The normalized spacial score (nSPS) is 15.4. The van der Waals surface area contributed by atoms with Crippen molar-refractivity contribution in [1.29, 1.82) is 0 Å². The molecule has 3 rings (SSSR count). The Kier molecular flexibility index (Phi) is 6.80. The number of allylic oxidation sites excluding steroid dienone is 3. The van der Waals surface area contributed by atoms with Gasteiger partial charge in [0.15, 0.2) is 0 Å². The van der Waals surface area contributed by atoms with Gasteiger partial charge in [0.25, 0.3) is 0 Å². The average molecular weight is 534 g/mol. The first-order valence-electron chi connectivity index (χ1n) is 9.89. The molecule has 1 N–H and O–H groups in total. The smallest absolute Gasteiger partial charge is 0.380 e. The Balaban J connectivity index is 2.40. The van der Waals surface area contributed by atoms with Crippen molar-refractivity contribution in [1.82, 2.24) is 0 Å². The maximum Gasteiger partial charge on any atom is 0.416 e. The van der Waals surface area contributed by atoms with E-state index >= 15 is 0 Å². The molecule has 0 saturated heterocycles. The number of rotatable bonds is 4. The number of hydrogen-bond acceptors (Lipinski definition) is 1. The molecule has 0 spiro atoms. The molecule has 13 heteroatoms. The summed E-state index contributed by atoms with van der Waals surface area (Å²) in [6, 6.07) is -0.258. The fourth-order valence-electron chi connectivity index (χ4n) is 3.69. The molecule has 1 nitrogen and oxygen atoms in total. The van der Waals surface area contributed by atoms with Gasteiger partial charge in [-0.2, -0.15) is 52.7 Å². The van der Waals surface area contributed by atoms with Crippen LogP contribution in [0.3, 0.4) is 0 Å². The summed E-state index contributed by atoms with van der Waals surface area (Å²) in [6.07, 6.45) is -18.1. The van der Waals surface area contributed by atoms with Crippen LogP contribution in [0, 0.1) is 0 Å². The standard InChI is InChI=1S/C23H14F12O/c24-20(25,26)15-5-13(6-16(9-15)21(27,28)29)19(36,11-12-3-1-2-4-12)14-7-17(22(30,31)32)10-18(8-14)23(33,34)35/h1,3-10,36H,2,11H2. The van der Waals surface area contributed by atoms with Gasteiger partial charge in [0.1, 0.15) is 5.60 Å². The molecule has 0 atom stereocenters. The van der Waals surface area contributed by atoms with E-state index in [0.717, 1.165) is 0 Å². The van der Waals surface area contributed by atoms with E-state index in [1.807, 2.05) is 0 Å². The molecule has 0 bridgehead atoms. The highest BCUT2D eigenvalue weighted by Gasteiger charge is 2.44. The van der Waals surface area contributed by atoms with Crippen LogP contribution in [0.4, 0.5) is 52.7 Å². The topological polar surface area (TPSA) is 20.2 Å². The quantitative estimate of drug-likeness (QED) is 0.392. The van der Waals surface area contributed by atoms with Crippen LogP contribution in [-0.4, -0.2) is 5.11 Å². The van der Waals surface area contributed by atoms with Crippen LogP contribution in [0.1, 0.15) is 46.2 Å². The van der Waals surface area contributed by atoms with Gasteiger partial charge in [0.05, 0.1) is 22.3 Å². The third kappa shape index (κ3) is 5.88. The van der Waals surface area contributed by atoms with Gasteiger partial charge >= 0.3 is 24.7 Å². The fraction of sp³-hybridized carbons (Fsp3) is 0.304. The van der Waals surface area contributed by atoms with Crippen molar-refractivity contribution in [3.63, 3.8) is 0 Å². The molecule has 1 aliphatic carbocycles. The summed E-state index contributed by atoms with van der Waals surface area (Å²) in [4.78, 5) is 0. The second-order valence-corrected chi connectivity index (χ2v) is 8.04. The van der Waals surface area contributed by atoms with Crippen LogP contribution >= 0.6 is 0 Å². The van der Waals surface area contributed by atoms with E-state index in [1.165, 1.54) is 18.2 Å². The summed E-state index contributed by atoms with van der Waals surface area (Å²) in [5, 5.41) is 11.4. The van der Waals surface area contributed by atoms with E-state index in [4.69, 9.17) is 0 Å². The molecule has 2 aromatic carbocycles. The van der Waals surface area contributed by atoms with E-state index in [0.29, 0.717) is 0 Å². The number of halogens is 12. The molecule has 0 aromatic heterocycles. The molecule has 0 unspecified atom stereocenters. The highest BCUT2D eigenvalue weighted by atomic mass is 19.4. The minimum absolute atomic E-state index is 0.0714. The predicted octanol–water partition coefficient (Wildman–Crippen LogP) is 8.27. The maximum absolute atomic E-state index is 13.4. The number of aliphatic hydroxyl groups is 1. The van der Waals surface area contributed by atoms with E-state index in [1.54, 1.807) is 0 Å². The third-order valence-corrected chi connectivity index (χ3v) is 5.44. The highest BCUT2D eigenvalue weighted by Crippen LogP contribution is 2.45. The molecule has 0 aliphatic heterocycles. The summed E-state index contributed by atoms with van der Waals surface area (Å²) in [5.41, 5.74) is -13.0. The lowest BCUT2D eigenvalue weighted by atomic mass is 9.79. The van der Waals surface area contributed by atoms with Crippen molar-refractivity contribution < 1.29 is 57.8 Å². The first-order chi connectivity index (χ1) is 16.2. The van der Waals surface area contributed by atoms with Crippen molar-refractivity contribution in [3.05, 3.63) is 93.6 Å². The summed E-state index contributed by atoms with van der Waals surface area (Å²) < 4.78 is 161. The number of benzene rings is 2. The SMILES string of the molecule is OC(CC1=CCC=C1)(c1cc(C(F)(F)F)cc(C(F)(F)F)c1)c1cc(C(F)(F)F)cc(C(F)(F)F)c1. The Morgan fingerprint density at radius 1 is 0.528 bits per heavy atom. The lowest BCUT2D eigenvalue weighted by Crippen LogP contribution is -2.30. The number of alkyl halides is 12. The predicted molar refractivity (Wildman–Crippen MR) is 102 cm³/mol. The van der Waals surface area contributed by atoms with E-state index < -0.39 is 70.1 Å². The molecule has 0 heterocycles. The fourth-order valence-corrected chi connectivity index (χ4v) is 3.69. The van der Waals surface area contributed by atoms with Gasteiger partial charge in [0, 0.05) is 6.42 Å². The maximum atomic E-state index is 13.4. The van der Waals surface area contributed by atoms with E-state index in [-0.39, 0.29) is 48.4 Å². The molecule has 2 aromatic rings. The first-order valence-corrected chi connectivity index (χ1v) is 9.89. The molecule has 0 saturated carbocycles. The van der Waals surface area contributed by atoms with Gasteiger partial charge in [-0.15, -0.1) is 0 Å². The molecule has 1 aliphatic rings. The summed E-state index contributed by atoms with van der Waals surface area (Å²) in [5.74, 6) is 0. The largest absolute Gasteiger partial charge is 0.416 e. The van der Waals surface area contributed by atoms with Crippen LogP contribution in [0.25, 0.3) is 0 Å². The molecular formula is C23H14F12O. The molecule has 0 radical (unpaired) electrons. The van der Waals surface area contributed by atoms with Crippen LogP contribution in [0.15, 0.2) is 60.2 Å². The summed E-state index contributed by atoms with van der Waals surface area (Å²) in [7, 11) is 0. The van der Waals surface area contributed by atoms with Crippen LogP contribution in [0.5, 0.6) is 0 Å². The second kappa shape index (κ2) is 8.86. The zero-order valence-corrected chi connectivity index (χ0v) is 17.6. The van der Waals surface area contributed by atoms with Gasteiger partial charge in [-0.3, -0.25) is 0 Å². The molecule has 36 heavy (non-hydrogen) atoms. The lowest BCUT2D eigenvalue weighted by molar-refractivity contribution is -0.144. The van der Waals surface area contributed by atoms with Crippen molar-refractivity contribution in [3.8, 4) is 0 Å². The highest BCUT2D eigenvalue weighted by molar-refractivity contribution is 5.47. The van der Waals surface area contributed by atoms with Crippen molar-refractivity contribution in [2.24, 2.45) is 0 Å². The zero-order valence-electron chi connectivity index (χ0n) is 17.6. The van der Waals surface area contributed by atoms with Crippen molar-refractivity contribution in [2.75, 3.05) is 0 Å². The summed E-state index contributed by atoms with van der Waals surface area (Å²) >= 11 is 0. The van der Waals surface area contributed by atoms with Crippen LogP contribution < -0.4 is 0 Å². The van der Waals surface area contributed by atoms with Gasteiger partial charge in [-0.1, -0.05) is 18.2 Å². The Morgan fingerprint density at radius 3 is 1.08 bits per heavy atom. The lowest BCUT2D eigenvalue weighted by Gasteiger charge is -2.32. The third-order valence-electron chi connectivity index (χ3n) is 5.44.